The number of morpholine rings is 1. The summed E-state index contributed by atoms with van der Waals surface area (Å²) in [5.74, 6) is -6.13. The molecule has 0 radical (unpaired) electrons. The van der Waals surface area contributed by atoms with Crippen LogP contribution >= 0.6 is 0 Å². The van der Waals surface area contributed by atoms with Crippen molar-refractivity contribution in [3.8, 4) is 5.75 Å². The van der Waals surface area contributed by atoms with Gasteiger partial charge in [-0.15, -0.1) is 0 Å². The molecule has 0 bridgehead atoms. The minimum atomic E-state index is -1.70. The number of nitrogens with zero attached hydrogens (tertiary/aromatic N) is 1. The fraction of sp³-hybridized carbons (Fsp3) is 0.429. The molecule has 0 spiro atoms. The van der Waals surface area contributed by atoms with Crippen LogP contribution in [0.25, 0.3) is 10.9 Å². The third kappa shape index (κ3) is 17.0. The number of nitrogens with one attached hydrogen (secondary N) is 9. The Labute approximate surface area is 410 Å². The number of aromatic amines is 1. The van der Waals surface area contributed by atoms with E-state index < -0.39 is 84.4 Å². The fourth-order valence-corrected chi connectivity index (χ4v) is 7.92. The third-order valence-corrected chi connectivity index (χ3v) is 11.7. The number of aliphatic hydroxyl groups excluding tert-OH is 1. The lowest BCUT2D eigenvalue weighted by Gasteiger charge is -2.30. The number of carbonyl (C=O) groups is 7. The summed E-state index contributed by atoms with van der Waals surface area (Å²) in [5.41, 5.74) is 7.97. The number of ether oxygens (including phenoxy) is 1. The standard InChI is InChI=1S/C49H65N11O11/c1-29(2)23-40(47(68)69)57-42(63)36(13-8-18-52-48(50)51)54-43(64)37(25-31-14-16-33(62)17-15-31)55-46(67)41(28-61)58-45(66)39(26-32-27-53-35-12-7-6-11-34(32)35)56-44(65)38(24-30-9-4-3-5-10-30)59-49(70)60-19-21-71-22-20-60/h3-7,9-12,14-17,27,29,36-41,53,61-62H,8,13,18-26,28H2,1-2H3,(H,54,64)(H,55,67)(H,56,65)(H,57,63)(H,58,66)(H,59,70)(H,68,69)(H4,50,51,52)/t36-,37+,38+,39+,40+,41+/m1/s1. The number of rotatable bonds is 25. The maximum atomic E-state index is 14.4. The average Bonchev–Trinajstić information content (AvgIpc) is 3.76. The molecule has 3 aromatic carbocycles. The Balaban J connectivity index is 1.40. The van der Waals surface area contributed by atoms with E-state index in [-0.39, 0.29) is 62.7 Å². The highest BCUT2D eigenvalue weighted by Gasteiger charge is 2.34. The largest absolute Gasteiger partial charge is 0.508 e. The van der Waals surface area contributed by atoms with Gasteiger partial charge in [0.25, 0.3) is 0 Å². The zero-order valence-corrected chi connectivity index (χ0v) is 39.7. The molecule has 1 aromatic heterocycles. The molecule has 7 amide bonds. The number of amides is 7. The zero-order chi connectivity index (χ0) is 51.5. The summed E-state index contributed by atoms with van der Waals surface area (Å²) in [5, 5.41) is 57.1. The number of carboxylic acids is 1. The van der Waals surface area contributed by atoms with E-state index in [0.29, 0.717) is 37.4 Å². The molecule has 14 N–H and O–H groups in total. The summed E-state index contributed by atoms with van der Waals surface area (Å²) >= 11 is 0. The van der Waals surface area contributed by atoms with E-state index in [2.05, 4.69) is 42.2 Å². The molecule has 22 nitrogen and oxygen atoms in total. The Morgan fingerprint density at radius 1 is 0.690 bits per heavy atom. The highest BCUT2D eigenvalue weighted by molar-refractivity contribution is 5.97. The number of aliphatic hydroxyl groups is 1. The lowest BCUT2D eigenvalue weighted by Crippen LogP contribution is -2.61. The highest BCUT2D eigenvalue weighted by Crippen LogP contribution is 2.20. The number of H-pyrrole nitrogens is 1. The fourth-order valence-electron chi connectivity index (χ4n) is 7.92. The summed E-state index contributed by atoms with van der Waals surface area (Å²) in [6, 6.07) is 13.1. The van der Waals surface area contributed by atoms with Crippen LogP contribution in [0.4, 0.5) is 4.79 Å². The predicted octanol–water partition coefficient (Wildman–Crippen LogP) is 0.122. The van der Waals surface area contributed by atoms with Gasteiger partial charge in [-0.3, -0.25) is 29.4 Å². The summed E-state index contributed by atoms with van der Waals surface area (Å²) < 4.78 is 5.39. The topological polar surface area (TPSA) is 343 Å². The number of urea groups is 1. The first kappa shape index (κ1) is 54.2. The number of fused-ring (bicyclic) bond motifs is 1. The number of aromatic nitrogens is 1. The van der Waals surface area contributed by atoms with Crippen molar-refractivity contribution >= 4 is 58.4 Å². The van der Waals surface area contributed by atoms with Crippen LogP contribution < -0.4 is 43.0 Å². The van der Waals surface area contributed by atoms with Crippen LogP contribution in [0.5, 0.6) is 5.75 Å². The Hall–Kier alpha value is -7.72. The second-order valence-corrected chi connectivity index (χ2v) is 17.7. The second kappa shape index (κ2) is 26.9. The third-order valence-electron chi connectivity index (χ3n) is 11.7. The predicted molar refractivity (Wildman–Crippen MR) is 262 cm³/mol. The minimum absolute atomic E-state index is 0.0479. The highest BCUT2D eigenvalue weighted by atomic mass is 16.5. The first-order valence-corrected chi connectivity index (χ1v) is 23.4. The number of para-hydroxylation sites is 1. The summed E-state index contributed by atoms with van der Waals surface area (Å²) in [6.45, 7) is 3.99. The molecule has 22 heteroatoms. The van der Waals surface area contributed by atoms with Crippen LogP contribution in [0.1, 0.15) is 49.8 Å². The van der Waals surface area contributed by atoms with Crippen LogP contribution in [0, 0.1) is 11.3 Å². The van der Waals surface area contributed by atoms with Gasteiger partial charge in [0.15, 0.2) is 5.96 Å². The first-order chi connectivity index (χ1) is 34.0. The molecule has 5 rings (SSSR count). The van der Waals surface area contributed by atoms with Crippen molar-refractivity contribution in [1.29, 1.82) is 5.41 Å². The number of phenols is 1. The van der Waals surface area contributed by atoms with Gasteiger partial charge in [-0.2, -0.15) is 0 Å². The summed E-state index contributed by atoms with van der Waals surface area (Å²) in [4.78, 5) is 101. The number of carbonyl (C=O) groups excluding carboxylic acids is 6. The number of phenolic OH excluding ortho intramolecular Hbond substituents is 1. The molecule has 4 aromatic rings. The minimum Gasteiger partial charge on any atom is -0.508 e. The van der Waals surface area contributed by atoms with Crippen molar-refractivity contribution < 1.29 is 53.6 Å². The van der Waals surface area contributed by atoms with E-state index >= 15 is 0 Å². The normalized spacial score (nSPS) is 15.0. The summed E-state index contributed by atoms with van der Waals surface area (Å²) in [7, 11) is 0. The molecular weight excluding hydrogens is 919 g/mol. The number of guanidine groups is 1. The van der Waals surface area contributed by atoms with Crippen molar-refractivity contribution in [2.24, 2.45) is 11.7 Å². The van der Waals surface area contributed by atoms with E-state index in [9.17, 15) is 48.9 Å². The van der Waals surface area contributed by atoms with Gasteiger partial charge in [-0.05, 0) is 60.1 Å². The van der Waals surface area contributed by atoms with Crippen molar-refractivity contribution in [2.45, 2.75) is 88.6 Å². The number of hydrogen-bond donors (Lipinski definition) is 13. The van der Waals surface area contributed by atoms with E-state index in [1.165, 1.54) is 29.2 Å². The quantitative estimate of drug-likeness (QED) is 0.0239. The van der Waals surface area contributed by atoms with Crippen LogP contribution in [-0.4, -0.2) is 148 Å². The van der Waals surface area contributed by atoms with E-state index in [1.807, 2.05) is 24.3 Å². The monoisotopic (exact) mass is 983 g/mol. The molecule has 6 atom stereocenters. The van der Waals surface area contributed by atoms with Crippen LogP contribution in [0.15, 0.2) is 85.1 Å². The van der Waals surface area contributed by atoms with E-state index in [0.717, 1.165) is 16.5 Å². The van der Waals surface area contributed by atoms with Gasteiger partial charge in [0.1, 0.15) is 42.0 Å². The van der Waals surface area contributed by atoms with Gasteiger partial charge in [0, 0.05) is 56.0 Å². The van der Waals surface area contributed by atoms with Gasteiger partial charge < -0.3 is 72.9 Å². The molecule has 71 heavy (non-hydrogen) atoms. The molecule has 1 fully saturated rings. The molecule has 0 unspecified atom stereocenters. The molecule has 1 saturated heterocycles. The number of nitrogens with two attached hydrogens (primary N) is 1. The SMILES string of the molecule is CC(C)C[C@H](NC(=O)[C@@H](CCCNC(=N)N)NC(=O)[C@H](Cc1ccc(O)cc1)NC(=O)[C@H](CO)NC(=O)[C@H](Cc1c[nH]c2ccccc12)NC(=O)[C@H](Cc1ccccc1)NC(=O)N1CCOCC1)C(=O)O. The number of aliphatic carboxylic acids is 1. The molecule has 1 aliphatic rings. The van der Waals surface area contributed by atoms with Crippen molar-refractivity contribution in [2.75, 3.05) is 39.5 Å². The molecule has 382 valence electrons. The maximum absolute atomic E-state index is 14.4. The Morgan fingerprint density at radius 3 is 1.82 bits per heavy atom. The van der Waals surface area contributed by atoms with Gasteiger partial charge in [-0.25, -0.2) is 9.59 Å². The van der Waals surface area contributed by atoms with Crippen molar-refractivity contribution in [3.05, 3.63) is 102 Å². The smallest absolute Gasteiger partial charge is 0.326 e. The van der Waals surface area contributed by atoms with Crippen LogP contribution in [0.2, 0.25) is 0 Å². The Kier molecular flexibility index (Phi) is 20.5. The molecule has 0 aliphatic carbocycles. The lowest BCUT2D eigenvalue weighted by molar-refractivity contribution is -0.143. The Morgan fingerprint density at radius 2 is 1.21 bits per heavy atom. The van der Waals surface area contributed by atoms with E-state index in [4.69, 9.17) is 15.9 Å². The van der Waals surface area contributed by atoms with E-state index in [1.54, 1.807) is 50.4 Å². The van der Waals surface area contributed by atoms with Gasteiger partial charge in [0.2, 0.25) is 29.5 Å². The molecule has 2 heterocycles. The zero-order valence-electron chi connectivity index (χ0n) is 39.7. The van der Waals surface area contributed by atoms with Crippen LogP contribution in [-0.2, 0) is 52.8 Å². The lowest BCUT2D eigenvalue weighted by atomic mass is 10.0. The van der Waals surface area contributed by atoms with Crippen LogP contribution in [0.3, 0.4) is 0 Å². The van der Waals surface area contributed by atoms with Gasteiger partial charge in [0.05, 0.1) is 19.8 Å². The second-order valence-electron chi connectivity index (χ2n) is 17.7. The number of carboxylic acid groups (broad SMARTS) is 1. The van der Waals surface area contributed by atoms with Gasteiger partial charge in [-0.1, -0.05) is 74.5 Å². The molecule has 0 saturated carbocycles. The number of aromatic hydroxyl groups is 1. The Bertz CT molecular complexity index is 2450. The summed E-state index contributed by atoms with van der Waals surface area (Å²) in [6.07, 6.45) is 1.66. The number of benzene rings is 3. The number of hydrogen-bond acceptors (Lipinski definition) is 11. The molecule has 1 aliphatic heterocycles. The maximum Gasteiger partial charge on any atom is 0.326 e. The first-order valence-electron chi connectivity index (χ1n) is 23.4. The van der Waals surface area contributed by atoms with Gasteiger partial charge >= 0.3 is 12.0 Å². The molecular formula is C49H65N11O11. The van der Waals surface area contributed by atoms with Crippen molar-refractivity contribution in [1.82, 2.24) is 47.1 Å². The average molecular weight is 984 g/mol. The van der Waals surface area contributed by atoms with Crippen molar-refractivity contribution in [3.63, 3.8) is 0 Å².